The van der Waals surface area contributed by atoms with Crippen LogP contribution in [0.2, 0.25) is 5.02 Å². The summed E-state index contributed by atoms with van der Waals surface area (Å²) in [5, 5.41) is 11.5. The number of methoxy groups -OCH3 is 3. The summed E-state index contributed by atoms with van der Waals surface area (Å²) in [6.45, 7) is 0. The summed E-state index contributed by atoms with van der Waals surface area (Å²) in [5.41, 5.74) is -0.687. The van der Waals surface area contributed by atoms with Gasteiger partial charge in [0.15, 0.2) is 17.3 Å². The highest BCUT2D eigenvalue weighted by molar-refractivity contribution is 6.32. The van der Waals surface area contributed by atoms with Crippen LogP contribution in [0.3, 0.4) is 0 Å². The van der Waals surface area contributed by atoms with Gasteiger partial charge in [-0.25, -0.2) is 9.78 Å². The summed E-state index contributed by atoms with van der Waals surface area (Å²) in [6, 6.07) is 13.0. The van der Waals surface area contributed by atoms with Gasteiger partial charge in [0.05, 0.1) is 42.7 Å². The Hall–Kier alpha value is -4.64. The molecule has 0 atom stereocenters. The van der Waals surface area contributed by atoms with Crippen LogP contribution < -0.4 is 24.6 Å². The standard InChI is InChI=1S/C24H18ClN3O8/c1-33-19-11-14(12-20(34-2)21(19)35-3)24(30)36-27-22(13-8-9-16(25)18(10-13)28(31)32)26-17-7-5-4-6-15(17)23(27)29/h4-12H,1-3H3. The number of ether oxygens (including phenoxy) is 3. The first kappa shape index (κ1) is 24.5. The minimum absolute atomic E-state index is 0.0161. The lowest BCUT2D eigenvalue weighted by Gasteiger charge is -2.15. The van der Waals surface area contributed by atoms with E-state index >= 15 is 0 Å². The number of carbonyl (C=O) groups excluding carboxylic acids is 1. The normalized spacial score (nSPS) is 10.7. The molecular formula is C24H18ClN3O8. The van der Waals surface area contributed by atoms with E-state index in [2.05, 4.69) is 4.98 Å². The highest BCUT2D eigenvalue weighted by Gasteiger charge is 2.23. The molecule has 11 nitrogen and oxygen atoms in total. The number of benzene rings is 3. The lowest BCUT2D eigenvalue weighted by Crippen LogP contribution is -2.33. The van der Waals surface area contributed by atoms with Crippen LogP contribution >= 0.6 is 11.6 Å². The van der Waals surface area contributed by atoms with Crippen molar-refractivity contribution >= 4 is 34.2 Å². The summed E-state index contributed by atoms with van der Waals surface area (Å²) < 4.78 is 16.5. The van der Waals surface area contributed by atoms with Gasteiger partial charge in [-0.1, -0.05) is 23.7 Å². The van der Waals surface area contributed by atoms with Crippen molar-refractivity contribution in [3.63, 3.8) is 0 Å². The van der Waals surface area contributed by atoms with Crippen molar-refractivity contribution in [1.29, 1.82) is 0 Å². The van der Waals surface area contributed by atoms with Crippen molar-refractivity contribution in [2.45, 2.75) is 0 Å². The number of aromatic nitrogens is 2. The number of rotatable bonds is 7. The number of para-hydroxylation sites is 1. The van der Waals surface area contributed by atoms with Gasteiger partial charge >= 0.3 is 5.97 Å². The third kappa shape index (κ3) is 4.39. The predicted molar refractivity (Wildman–Crippen MR) is 130 cm³/mol. The van der Waals surface area contributed by atoms with Crippen LogP contribution in [0.25, 0.3) is 22.3 Å². The zero-order valence-electron chi connectivity index (χ0n) is 19.2. The Labute approximate surface area is 208 Å². The smallest absolute Gasteiger partial charge is 0.364 e. The molecule has 4 rings (SSSR count). The Bertz CT molecular complexity index is 1540. The Morgan fingerprint density at radius 2 is 1.67 bits per heavy atom. The van der Waals surface area contributed by atoms with Crippen molar-refractivity contribution in [2.75, 3.05) is 21.3 Å². The molecule has 184 valence electrons. The topological polar surface area (TPSA) is 132 Å². The van der Waals surface area contributed by atoms with Gasteiger partial charge in [-0.2, -0.15) is 0 Å². The van der Waals surface area contributed by atoms with Crippen LogP contribution in [0.15, 0.2) is 59.4 Å². The Balaban J connectivity index is 1.90. The van der Waals surface area contributed by atoms with Crippen LogP contribution in [-0.2, 0) is 0 Å². The average molecular weight is 512 g/mol. The molecular weight excluding hydrogens is 494 g/mol. The third-order valence-electron chi connectivity index (χ3n) is 5.21. The molecule has 3 aromatic carbocycles. The van der Waals surface area contributed by atoms with Crippen molar-refractivity contribution < 1.29 is 28.8 Å². The maximum atomic E-state index is 13.3. The molecule has 12 heteroatoms. The average Bonchev–Trinajstić information content (AvgIpc) is 2.89. The van der Waals surface area contributed by atoms with Crippen LogP contribution in [0.4, 0.5) is 5.69 Å². The van der Waals surface area contributed by atoms with E-state index in [1.807, 2.05) is 0 Å². The molecule has 0 saturated heterocycles. The van der Waals surface area contributed by atoms with Gasteiger partial charge in [0, 0.05) is 11.6 Å². The fourth-order valence-electron chi connectivity index (χ4n) is 3.51. The lowest BCUT2D eigenvalue weighted by molar-refractivity contribution is -0.384. The molecule has 0 saturated carbocycles. The second kappa shape index (κ2) is 9.92. The number of halogens is 1. The minimum atomic E-state index is -0.946. The van der Waals surface area contributed by atoms with Crippen LogP contribution in [0, 0.1) is 10.1 Å². The highest BCUT2D eigenvalue weighted by atomic mass is 35.5. The van der Waals surface area contributed by atoms with Gasteiger partial charge in [0.2, 0.25) is 5.75 Å². The summed E-state index contributed by atoms with van der Waals surface area (Å²) in [5.74, 6) is -0.435. The highest BCUT2D eigenvalue weighted by Crippen LogP contribution is 2.38. The first-order valence-electron chi connectivity index (χ1n) is 10.3. The molecule has 0 radical (unpaired) electrons. The Kier molecular flexibility index (Phi) is 6.75. The molecule has 0 unspecified atom stereocenters. The molecule has 1 heterocycles. The van der Waals surface area contributed by atoms with E-state index in [9.17, 15) is 19.7 Å². The number of nitro groups is 1. The summed E-state index contributed by atoms with van der Waals surface area (Å²) in [7, 11) is 4.18. The fraction of sp³-hybridized carbons (Fsp3) is 0.125. The van der Waals surface area contributed by atoms with Crippen LogP contribution in [-0.4, -0.2) is 41.9 Å². The first-order valence-corrected chi connectivity index (χ1v) is 10.7. The maximum absolute atomic E-state index is 13.3. The summed E-state index contributed by atoms with van der Waals surface area (Å²) >= 11 is 5.94. The molecule has 0 bridgehead atoms. The van der Waals surface area contributed by atoms with E-state index in [0.717, 1.165) is 6.07 Å². The monoisotopic (exact) mass is 511 g/mol. The Morgan fingerprint density at radius 3 is 2.28 bits per heavy atom. The van der Waals surface area contributed by atoms with Gasteiger partial charge in [-0.15, -0.1) is 4.73 Å². The van der Waals surface area contributed by atoms with Crippen molar-refractivity contribution in [3.8, 4) is 28.6 Å². The number of hydrogen-bond donors (Lipinski definition) is 0. The number of nitro benzene ring substituents is 1. The molecule has 0 N–H and O–H groups in total. The van der Waals surface area contributed by atoms with Crippen LogP contribution in [0.5, 0.6) is 17.2 Å². The Morgan fingerprint density at radius 1 is 1.00 bits per heavy atom. The molecule has 0 fully saturated rings. The van der Waals surface area contributed by atoms with E-state index in [4.69, 9.17) is 30.6 Å². The van der Waals surface area contributed by atoms with Crippen molar-refractivity contribution in [1.82, 2.24) is 9.71 Å². The SMILES string of the molecule is COc1cc(C(=O)On2c(-c3ccc(Cl)c([N+](=O)[O-])c3)nc3ccccc3c2=O)cc(OC)c1OC. The maximum Gasteiger partial charge on any atom is 0.364 e. The van der Waals surface area contributed by atoms with Gasteiger partial charge in [0.1, 0.15) is 5.02 Å². The van der Waals surface area contributed by atoms with Crippen LogP contribution in [0.1, 0.15) is 10.4 Å². The lowest BCUT2D eigenvalue weighted by atomic mass is 10.1. The summed E-state index contributed by atoms with van der Waals surface area (Å²) in [4.78, 5) is 47.2. The van der Waals surface area contributed by atoms with Crippen molar-refractivity contribution in [3.05, 3.63) is 85.7 Å². The van der Waals surface area contributed by atoms with Gasteiger partial charge < -0.3 is 19.0 Å². The molecule has 1 aromatic heterocycles. The third-order valence-corrected chi connectivity index (χ3v) is 5.53. The zero-order valence-corrected chi connectivity index (χ0v) is 19.9. The second-order valence-electron chi connectivity index (χ2n) is 7.27. The predicted octanol–water partition coefficient (Wildman–Crippen LogP) is 3.92. The molecule has 4 aromatic rings. The minimum Gasteiger partial charge on any atom is -0.493 e. The molecule has 0 spiro atoms. The molecule has 0 aliphatic carbocycles. The summed E-state index contributed by atoms with van der Waals surface area (Å²) in [6.07, 6.45) is 0. The molecule has 36 heavy (non-hydrogen) atoms. The zero-order chi connectivity index (χ0) is 26.0. The van der Waals surface area contributed by atoms with E-state index in [0.29, 0.717) is 10.2 Å². The fourth-order valence-corrected chi connectivity index (χ4v) is 3.70. The molecule has 0 aliphatic heterocycles. The number of fused-ring (bicyclic) bond motifs is 1. The largest absolute Gasteiger partial charge is 0.493 e. The quantitative estimate of drug-likeness (QED) is 0.267. The van der Waals surface area contributed by atoms with E-state index < -0.39 is 22.1 Å². The molecule has 0 amide bonds. The van der Waals surface area contributed by atoms with Gasteiger partial charge in [0.25, 0.3) is 11.2 Å². The number of hydrogen-bond acceptors (Lipinski definition) is 9. The first-order chi connectivity index (χ1) is 17.3. The number of nitrogens with zero attached hydrogens (tertiary/aromatic N) is 3. The van der Waals surface area contributed by atoms with E-state index in [-0.39, 0.29) is 44.6 Å². The number of carbonyl (C=O) groups is 1. The van der Waals surface area contributed by atoms with Gasteiger partial charge in [-0.3, -0.25) is 14.9 Å². The second-order valence-corrected chi connectivity index (χ2v) is 7.68. The van der Waals surface area contributed by atoms with Gasteiger partial charge in [-0.05, 0) is 36.4 Å². The van der Waals surface area contributed by atoms with Crippen molar-refractivity contribution in [2.24, 2.45) is 0 Å². The van der Waals surface area contributed by atoms with E-state index in [1.165, 1.54) is 51.7 Å². The van der Waals surface area contributed by atoms with E-state index in [1.54, 1.807) is 18.2 Å². The molecule has 0 aliphatic rings.